The second-order valence-electron chi connectivity index (χ2n) is 14.6. The highest BCUT2D eigenvalue weighted by atomic mass is 79.9. The van der Waals surface area contributed by atoms with Crippen molar-refractivity contribution in [3.63, 3.8) is 0 Å². The maximum absolute atomic E-state index is 15.4. The molecule has 3 aromatic carbocycles. The third-order valence-electron chi connectivity index (χ3n) is 11.4. The number of aliphatic hydroxyl groups excluding tert-OH is 1. The number of aliphatic hydroxyl groups is 1. The van der Waals surface area contributed by atoms with E-state index in [9.17, 15) is 14.7 Å². The predicted molar refractivity (Wildman–Crippen MR) is 206 cm³/mol. The average Bonchev–Trinajstić information content (AvgIpc) is 3.78. The number of anilines is 1. The van der Waals surface area contributed by atoms with Gasteiger partial charge in [0.05, 0.1) is 31.2 Å². The van der Waals surface area contributed by atoms with Gasteiger partial charge in [0.2, 0.25) is 11.8 Å². The van der Waals surface area contributed by atoms with Gasteiger partial charge in [-0.3, -0.25) is 19.2 Å². The summed E-state index contributed by atoms with van der Waals surface area (Å²) in [5, 5.41) is 15.8. The van der Waals surface area contributed by atoms with E-state index in [2.05, 4.69) is 21.2 Å². The van der Waals surface area contributed by atoms with E-state index in [1.54, 1.807) is 11.0 Å². The Morgan fingerprint density at radius 2 is 1.72 bits per heavy atom. The molecule has 4 aliphatic heterocycles. The number of rotatable bonds is 8. The zero-order valence-electron chi connectivity index (χ0n) is 30.6. The summed E-state index contributed by atoms with van der Waals surface area (Å²) in [6.45, 7) is 3.70. The van der Waals surface area contributed by atoms with E-state index < -0.39 is 65.6 Å². The number of allylic oxidation sites excluding steroid dienone is 1. The Kier molecular flexibility index (Phi) is 11.1. The zero-order valence-corrected chi connectivity index (χ0v) is 32.2. The standard InChI is InChI=1S/C42H46BrN3O8/c1-4-25(2)32(23-47)46-38-40(50)45(29-19-18-26-13-10-11-16-28(26)21-29)20-12-6-9-17-33(48)44-31(24-52-3)36(27-14-7-5-8-15-27)53-41(51)34-35(39(46)49)42(38)22-30(43)37(34)54-42/h5-8,10-16,18-19,21-22,25,31-32,34-38,47H,4,9,17,20,23-24H2,1-3H3,(H,44,48)/b12-6-/t25-,31+,32-,34-,35+,36+,37-,38-,42+/m0/s1. The summed E-state index contributed by atoms with van der Waals surface area (Å²) in [7, 11) is 1.51. The SMILES string of the molecule is CC[C@H](C)[C@H](CO)N1C(=O)[C@H]2[C@@H]3C(=O)O[C@H](c4ccccc4)[C@@H](COC)NC(=O)CC/C=C\CN(c4ccc5ccccc5c4)C(=O)[C@H]1[C@@]21C=C(Br)[C@@H]3O1. The van der Waals surface area contributed by atoms with Crippen molar-refractivity contribution in [3.05, 3.63) is 101 Å². The molecule has 2 saturated heterocycles. The summed E-state index contributed by atoms with van der Waals surface area (Å²) in [5.41, 5.74) is -0.304. The van der Waals surface area contributed by atoms with E-state index >= 15 is 9.59 Å². The van der Waals surface area contributed by atoms with Gasteiger partial charge >= 0.3 is 5.97 Å². The fourth-order valence-electron chi connectivity index (χ4n) is 8.60. The van der Waals surface area contributed by atoms with Crippen molar-refractivity contribution in [1.29, 1.82) is 0 Å². The Hall–Kier alpha value is -4.36. The minimum absolute atomic E-state index is 0.0487. The number of halogens is 1. The first-order chi connectivity index (χ1) is 26.1. The highest BCUT2D eigenvalue weighted by molar-refractivity contribution is 9.11. The molecule has 3 aromatic rings. The molecule has 5 bridgehead atoms. The summed E-state index contributed by atoms with van der Waals surface area (Å²) in [5.74, 6) is -4.28. The lowest BCUT2D eigenvalue weighted by Crippen LogP contribution is -2.59. The van der Waals surface area contributed by atoms with Crippen molar-refractivity contribution in [2.24, 2.45) is 17.8 Å². The van der Waals surface area contributed by atoms with Crippen LogP contribution in [-0.2, 0) is 33.4 Å². The molecule has 12 heteroatoms. The third-order valence-corrected chi connectivity index (χ3v) is 12.1. The summed E-state index contributed by atoms with van der Waals surface area (Å²) in [6.07, 6.45) is 4.76. The number of hydrogen-bond donors (Lipinski definition) is 2. The Balaban J connectivity index is 1.39. The summed E-state index contributed by atoms with van der Waals surface area (Å²) >= 11 is 3.64. The molecular formula is C42H46BrN3O8. The molecule has 11 nitrogen and oxygen atoms in total. The fraction of sp³-hybridized carbons (Fsp3) is 0.429. The van der Waals surface area contributed by atoms with Crippen LogP contribution in [0.1, 0.15) is 44.8 Å². The van der Waals surface area contributed by atoms with Crippen LogP contribution in [0, 0.1) is 17.8 Å². The molecule has 4 aliphatic rings. The second-order valence-corrected chi connectivity index (χ2v) is 15.5. The molecule has 0 radical (unpaired) electrons. The maximum atomic E-state index is 15.4. The van der Waals surface area contributed by atoms with Crippen molar-refractivity contribution in [1.82, 2.24) is 10.2 Å². The molecule has 3 amide bonds. The van der Waals surface area contributed by atoms with Gasteiger partial charge in [-0.2, -0.15) is 0 Å². The second kappa shape index (κ2) is 15.8. The van der Waals surface area contributed by atoms with Crippen LogP contribution >= 0.6 is 15.9 Å². The lowest BCUT2D eigenvalue weighted by Gasteiger charge is -2.40. The first-order valence-electron chi connectivity index (χ1n) is 18.6. The van der Waals surface area contributed by atoms with Crippen LogP contribution in [0.5, 0.6) is 0 Å². The quantitative estimate of drug-likeness (QED) is 0.234. The highest BCUT2D eigenvalue weighted by Gasteiger charge is 2.75. The van der Waals surface area contributed by atoms with Crippen LogP contribution in [0.4, 0.5) is 5.69 Å². The van der Waals surface area contributed by atoms with Gasteiger partial charge in [-0.15, -0.1) is 0 Å². The number of nitrogens with zero attached hydrogens (tertiary/aromatic N) is 2. The molecule has 7 rings (SSSR count). The van der Waals surface area contributed by atoms with Crippen LogP contribution in [-0.4, -0.2) is 90.4 Å². The van der Waals surface area contributed by atoms with Crippen molar-refractivity contribution >= 4 is 56.1 Å². The summed E-state index contributed by atoms with van der Waals surface area (Å²) in [4.78, 5) is 61.6. The van der Waals surface area contributed by atoms with Gasteiger partial charge in [0.25, 0.3) is 5.91 Å². The lowest BCUT2D eigenvalue weighted by molar-refractivity contribution is -0.163. The average molecular weight is 801 g/mol. The van der Waals surface area contributed by atoms with Gasteiger partial charge in [0.1, 0.15) is 29.8 Å². The third kappa shape index (κ3) is 6.67. The van der Waals surface area contributed by atoms with Crippen LogP contribution in [0.2, 0.25) is 0 Å². The Morgan fingerprint density at radius 3 is 2.44 bits per heavy atom. The van der Waals surface area contributed by atoms with Gasteiger partial charge in [0.15, 0.2) is 0 Å². The minimum Gasteiger partial charge on any atom is -0.455 e. The predicted octanol–water partition coefficient (Wildman–Crippen LogP) is 5.22. The van der Waals surface area contributed by atoms with E-state index in [0.29, 0.717) is 28.6 Å². The number of methoxy groups -OCH3 is 1. The van der Waals surface area contributed by atoms with E-state index in [0.717, 1.165) is 10.8 Å². The topological polar surface area (TPSA) is 135 Å². The smallest absolute Gasteiger partial charge is 0.313 e. The molecule has 4 heterocycles. The van der Waals surface area contributed by atoms with Gasteiger partial charge in [-0.25, -0.2) is 0 Å². The highest BCUT2D eigenvalue weighted by Crippen LogP contribution is 2.59. The van der Waals surface area contributed by atoms with Crippen molar-refractivity contribution in [3.8, 4) is 0 Å². The maximum Gasteiger partial charge on any atom is 0.313 e. The minimum atomic E-state index is -1.54. The largest absolute Gasteiger partial charge is 0.455 e. The molecule has 2 fully saturated rings. The van der Waals surface area contributed by atoms with E-state index in [1.165, 1.54) is 12.0 Å². The van der Waals surface area contributed by atoms with Gasteiger partial charge in [-0.05, 0) is 46.9 Å². The van der Waals surface area contributed by atoms with Crippen LogP contribution in [0.25, 0.3) is 10.8 Å². The van der Waals surface area contributed by atoms with Gasteiger partial charge in [-0.1, -0.05) is 109 Å². The van der Waals surface area contributed by atoms with E-state index in [1.807, 2.05) is 98.8 Å². The molecule has 284 valence electrons. The zero-order chi connectivity index (χ0) is 38.1. The molecular weight excluding hydrogens is 754 g/mol. The van der Waals surface area contributed by atoms with Gasteiger partial charge < -0.3 is 34.4 Å². The number of fused-ring (bicyclic) bond motifs is 3. The van der Waals surface area contributed by atoms with Gasteiger partial charge in [0, 0.05) is 30.2 Å². The number of likely N-dealkylation sites (tertiary alicyclic amines) is 1. The summed E-state index contributed by atoms with van der Waals surface area (Å²) < 4.78 is 19.2. The molecule has 54 heavy (non-hydrogen) atoms. The number of nitrogens with one attached hydrogen (secondary N) is 1. The first-order valence-corrected chi connectivity index (χ1v) is 19.4. The van der Waals surface area contributed by atoms with E-state index in [-0.39, 0.29) is 38.0 Å². The lowest BCUT2D eigenvalue weighted by atomic mass is 9.74. The molecule has 2 N–H and O–H groups in total. The number of esters is 1. The number of ether oxygens (including phenoxy) is 3. The number of carbonyl (C=O) groups excluding carboxylic acids is 4. The van der Waals surface area contributed by atoms with Crippen molar-refractivity contribution < 1.29 is 38.5 Å². The number of carbonyl (C=O) groups is 4. The molecule has 0 saturated carbocycles. The molecule has 9 atom stereocenters. The molecule has 0 unspecified atom stereocenters. The molecule has 0 aliphatic carbocycles. The monoisotopic (exact) mass is 799 g/mol. The Bertz CT molecular complexity index is 1970. The number of amides is 3. The number of cyclic esters (lactones) is 1. The van der Waals surface area contributed by atoms with Crippen molar-refractivity contribution in [2.75, 3.05) is 31.8 Å². The molecule has 0 aromatic heterocycles. The van der Waals surface area contributed by atoms with Crippen LogP contribution < -0.4 is 10.2 Å². The van der Waals surface area contributed by atoms with Crippen molar-refractivity contribution in [2.45, 2.75) is 69.0 Å². The van der Waals surface area contributed by atoms with Crippen LogP contribution in [0.3, 0.4) is 0 Å². The summed E-state index contributed by atoms with van der Waals surface area (Å²) in [6, 6.07) is 20.0. The Morgan fingerprint density at radius 1 is 0.981 bits per heavy atom. The number of hydrogen-bond acceptors (Lipinski definition) is 8. The molecule has 1 spiro atoms. The first kappa shape index (κ1) is 37.9. The fourth-order valence-corrected chi connectivity index (χ4v) is 9.33. The number of benzene rings is 3. The normalized spacial score (nSPS) is 30.5. The van der Waals surface area contributed by atoms with Crippen LogP contribution in [0.15, 0.2) is 95.5 Å². The Labute approximate surface area is 323 Å². The van der Waals surface area contributed by atoms with E-state index in [4.69, 9.17) is 14.2 Å².